The van der Waals surface area contributed by atoms with Crippen LogP contribution >= 0.6 is 27.5 Å². The van der Waals surface area contributed by atoms with Gasteiger partial charge in [-0.15, -0.1) is 0 Å². The molecule has 6 heteroatoms. The largest absolute Gasteiger partial charge is 0.424 e. The van der Waals surface area contributed by atoms with Gasteiger partial charge >= 0.3 is 0 Å². The second-order valence-corrected chi connectivity index (χ2v) is 5.29. The zero-order valence-corrected chi connectivity index (χ0v) is 12.0. The number of anilines is 1. The molecule has 3 N–H and O–H groups in total. The van der Waals surface area contributed by atoms with Gasteiger partial charge < -0.3 is 15.5 Å². The van der Waals surface area contributed by atoms with Crippen LogP contribution in [-0.4, -0.2) is 9.97 Å². The molecule has 0 amide bonds. The Labute approximate surface area is 122 Å². The Kier molecular flexibility index (Phi) is 3.08. The monoisotopic (exact) mass is 337 g/mol. The fourth-order valence-electron chi connectivity index (χ4n) is 1.71. The summed E-state index contributed by atoms with van der Waals surface area (Å²) in [6.45, 7) is 0. The van der Waals surface area contributed by atoms with Crippen molar-refractivity contribution in [3.63, 3.8) is 0 Å². The van der Waals surface area contributed by atoms with E-state index in [9.17, 15) is 0 Å². The van der Waals surface area contributed by atoms with E-state index in [2.05, 4.69) is 25.9 Å². The van der Waals surface area contributed by atoms with Gasteiger partial charge in [-0.1, -0.05) is 11.6 Å². The third-order valence-corrected chi connectivity index (χ3v) is 3.44. The fraction of sp³-hybridized carbons (Fsp3) is 0. The zero-order valence-electron chi connectivity index (χ0n) is 9.65. The van der Waals surface area contributed by atoms with Crippen LogP contribution in [0.15, 0.2) is 40.9 Å². The Morgan fingerprint density at radius 1 is 1.21 bits per heavy atom. The molecule has 1 aromatic heterocycles. The minimum Gasteiger partial charge on any atom is -0.424 e. The lowest BCUT2D eigenvalue weighted by Crippen LogP contribution is -1.87. The highest BCUT2D eigenvalue weighted by Crippen LogP contribution is 2.31. The van der Waals surface area contributed by atoms with Gasteiger partial charge in [0.15, 0.2) is 0 Å². The first-order chi connectivity index (χ1) is 9.11. The molecule has 19 heavy (non-hydrogen) atoms. The molecule has 0 unspecified atom stereocenters. The quantitative estimate of drug-likeness (QED) is 0.683. The number of fused-ring (bicyclic) bond motifs is 1. The van der Waals surface area contributed by atoms with Crippen LogP contribution in [0.5, 0.6) is 11.8 Å². The number of aromatic amines is 1. The number of rotatable bonds is 2. The highest BCUT2D eigenvalue weighted by Gasteiger charge is 2.08. The summed E-state index contributed by atoms with van der Waals surface area (Å²) in [6, 6.07) is 11.1. The Hall–Kier alpha value is -1.72. The molecule has 0 fully saturated rings. The second kappa shape index (κ2) is 4.75. The fourth-order valence-corrected chi connectivity index (χ4v) is 2.48. The van der Waals surface area contributed by atoms with Crippen LogP contribution in [0.3, 0.4) is 0 Å². The molecular formula is C13H9BrClN3O. The summed E-state index contributed by atoms with van der Waals surface area (Å²) in [5, 5.41) is 0.636. The minimum absolute atomic E-state index is 0.406. The van der Waals surface area contributed by atoms with E-state index in [1.807, 2.05) is 12.1 Å². The van der Waals surface area contributed by atoms with Crippen LogP contribution in [0.1, 0.15) is 0 Å². The van der Waals surface area contributed by atoms with Gasteiger partial charge in [-0.2, -0.15) is 4.98 Å². The maximum Gasteiger partial charge on any atom is 0.300 e. The van der Waals surface area contributed by atoms with Crippen molar-refractivity contribution in [2.75, 3.05) is 5.73 Å². The van der Waals surface area contributed by atoms with Crippen molar-refractivity contribution >= 4 is 44.3 Å². The average Bonchev–Trinajstić information content (AvgIpc) is 2.74. The lowest BCUT2D eigenvalue weighted by Gasteiger charge is -2.04. The smallest absolute Gasteiger partial charge is 0.300 e. The standard InChI is InChI=1S/C13H9BrClN3O/c14-9-5-7(15)1-4-12(9)19-13-17-10-3-2-8(16)6-11(10)18-13/h1-6H,16H2,(H,17,18). The lowest BCUT2D eigenvalue weighted by molar-refractivity contribution is 0.446. The normalized spacial score (nSPS) is 10.8. The topological polar surface area (TPSA) is 63.9 Å². The number of H-pyrrole nitrogens is 1. The first-order valence-electron chi connectivity index (χ1n) is 5.50. The third-order valence-electron chi connectivity index (χ3n) is 2.58. The SMILES string of the molecule is Nc1ccc2nc(Oc3ccc(Cl)cc3Br)[nH]c2c1. The molecular weight excluding hydrogens is 330 g/mol. The number of nitrogens with one attached hydrogen (secondary N) is 1. The number of imidazole rings is 1. The van der Waals surface area contributed by atoms with Crippen LogP contribution in [0, 0.1) is 0 Å². The number of aromatic nitrogens is 2. The predicted octanol–water partition coefficient (Wildman–Crippen LogP) is 4.35. The molecule has 0 saturated carbocycles. The molecule has 0 aliphatic carbocycles. The molecule has 1 heterocycles. The van der Waals surface area contributed by atoms with E-state index in [0.717, 1.165) is 15.5 Å². The Morgan fingerprint density at radius 2 is 2.05 bits per heavy atom. The molecule has 0 radical (unpaired) electrons. The van der Waals surface area contributed by atoms with Gasteiger partial charge in [0.05, 0.1) is 15.5 Å². The molecule has 2 aromatic carbocycles. The molecule has 3 aromatic rings. The van der Waals surface area contributed by atoms with Crippen molar-refractivity contribution in [3.05, 3.63) is 45.9 Å². The van der Waals surface area contributed by atoms with Gasteiger partial charge in [0, 0.05) is 10.7 Å². The van der Waals surface area contributed by atoms with E-state index < -0.39 is 0 Å². The average molecular weight is 339 g/mol. The first kappa shape index (κ1) is 12.3. The molecule has 96 valence electrons. The van der Waals surface area contributed by atoms with Crippen molar-refractivity contribution < 1.29 is 4.74 Å². The summed E-state index contributed by atoms with van der Waals surface area (Å²) in [5.41, 5.74) is 8.03. The number of benzene rings is 2. The maximum absolute atomic E-state index is 5.88. The van der Waals surface area contributed by atoms with Gasteiger partial charge in [0.2, 0.25) is 0 Å². The molecule has 3 rings (SSSR count). The maximum atomic E-state index is 5.88. The summed E-state index contributed by atoms with van der Waals surface area (Å²) in [6.07, 6.45) is 0. The van der Waals surface area contributed by atoms with E-state index in [1.54, 1.807) is 24.3 Å². The third kappa shape index (κ3) is 2.52. The number of nitrogen functional groups attached to an aromatic ring is 1. The van der Waals surface area contributed by atoms with Gasteiger partial charge in [0.1, 0.15) is 5.75 Å². The summed E-state index contributed by atoms with van der Waals surface area (Å²) in [7, 11) is 0. The molecule has 0 aliphatic rings. The van der Waals surface area contributed by atoms with E-state index in [4.69, 9.17) is 22.1 Å². The van der Waals surface area contributed by atoms with Crippen molar-refractivity contribution in [3.8, 4) is 11.8 Å². The van der Waals surface area contributed by atoms with E-state index in [0.29, 0.717) is 22.5 Å². The molecule has 4 nitrogen and oxygen atoms in total. The summed E-state index contributed by atoms with van der Waals surface area (Å²) in [4.78, 5) is 7.39. The summed E-state index contributed by atoms with van der Waals surface area (Å²) in [5.74, 6) is 0.636. The molecule has 0 aliphatic heterocycles. The number of hydrogen-bond acceptors (Lipinski definition) is 3. The zero-order chi connectivity index (χ0) is 13.4. The van der Waals surface area contributed by atoms with Crippen LogP contribution < -0.4 is 10.5 Å². The highest BCUT2D eigenvalue weighted by molar-refractivity contribution is 9.10. The van der Waals surface area contributed by atoms with Crippen molar-refractivity contribution in [2.24, 2.45) is 0 Å². The van der Waals surface area contributed by atoms with Crippen molar-refractivity contribution in [1.29, 1.82) is 0 Å². The molecule has 0 atom stereocenters. The number of nitrogens with zero attached hydrogens (tertiary/aromatic N) is 1. The number of halogens is 2. The van der Waals surface area contributed by atoms with Gasteiger partial charge in [-0.05, 0) is 52.3 Å². The molecule has 0 bridgehead atoms. The Morgan fingerprint density at radius 3 is 2.84 bits per heavy atom. The number of nitrogens with two attached hydrogens (primary N) is 1. The van der Waals surface area contributed by atoms with Crippen LogP contribution in [0.25, 0.3) is 11.0 Å². The van der Waals surface area contributed by atoms with E-state index in [1.165, 1.54) is 0 Å². The molecule has 0 saturated heterocycles. The predicted molar refractivity (Wildman–Crippen MR) is 79.7 cm³/mol. The lowest BCUT2D eigenvalue weighted by atomic mass is 10.3. The van der Waals surface area contributed by atoms with Crippen molar-refractivity contribution in [2.45, 2.75) is 0 Å². The number of ether oxygens (including phenoxy) is 1. The van der Waals surface area contributed by atoms with Crippen LogP contribution in [0.2, 0.25) is 5.02 Å². The highest BCUT2D eigenvalue weighted by atomic mass is 79.9. The molecule has 0 spiro atoms. The van der Waals surface area contributed by atoms with Gasteiger partial charge in [-0.25, -0.2) is 0 Å². The summed E-state index contributed by atoms with van der Waals surface area (Å²) < 4.78 is 6.44. The van der Waals surface area contributed by atoms with E-state index >= 15 is 0 Å². The Balaban J connectivity index is 1.96. The second-order valence-electron chi connectivity index (χ2n) is 4.00. The Bertz CT molecular complexity index is 757. The minimum atomic E-state index is 0.406. The number of hydrogen-bond donors (Lipinski definition) is 2. The van der Waals surface area contributed by atoms with Gasteiger partial charge in [0.25, 0.3) is 6.01 Å². The summed E-state index contributed by atoms with van der Waals surface area (Å²) >= 11 is 9.27. The van der Waals surface area contributed by atoms with Crippen molar-refractivity contribution in [1.82, 2.24) is 9.97 Å². The van der Waals surface area contributed by atoms with Gasteiger partial charge in [-0.3, -0.25) is 0 Å². The van der Waals surface area contributed by atoms with Crippen LogP contribution in [0.4, 0.5) is 5.69 Å². The van der Waals surface area contributed by atoms with Crippen LogP contribution in [-0.2, 0) is 0 Å². The van der Waals surface area contributed by atoms with E-state index in [-0.39, 0.29) is 0 Å². The first-order valence-corrected chi connectivity index (χ1v) is 6.67.